The van der Waals surface area contributed by atoms with Crippen molar-refractivity contribution in [3.8, 4) is 0 Å². The highest BCUT2D eigenvalue weighted by atomic mass is 19.1. The molecule has 2 heterocycles. The van der Waals surface area contributed by atoms with E-state index < -0.39 is 23.7 Å². The van der Waals surface area contributed by atoms with Crippen LogP contribution in [0.4, 0.5) is 10.1 Å². The van der Waals surface area contributed by atoms with Gasteiger partial charge in [0.05, 0.1) is 18.5 Å². The first-order chi connectivity index (χ1) is 17.0. The average molecular weight is 470 g/mol. The van der Waals surface area contributed by atoms with Crippen LogP contribution in [0, 0.1) is 5.82 Å². The van der Waals surface area contributed by atoms with Crippen molar-refractivity contribution >= 4 is 34.3 Å². The lowest BCUT2D eigenvalue weighted by Gasteiger charge is -2.28. The molecule has 3 amide bonds. The molecule has 1 N–H and O–H groups in total. The van der Waals surface area contributed by atoms with Gasteiger partial charge in [0.1, 0.15) is 11.9 Å². The van der Waals surface area contributed by atoms with E-state index in [9.17, 15) is 18.8 Å². The predicted molar refractivity (Wildman–Crippen MR) is 131 cm³/mol. The molecule has 0 bridgehead atoms. The molecule has 4 aromatic rings. The molecule has 35 heavy (non-hydrogen) atoms. The number of hydrogen-bond donors (Lipinski definition) is 1. The number of halogens is 1. The third-order valence-electron chi connectivity index (χ3n) is 6.40. The number of carbonyl (C=O) groups is 3. The Morgan fingerprint density at radius 1 is 0.971 bits per heavy atom. The van der Waals surface area contributed by atoms with Gasteiger partial charge in [-0.15, -0.1) is 0 Å². The van der Waals surface area contributed by atoms with Crippen molar-refractivity contribution in [2.24, 2.45) is 0 Å². The van der Waals surface area contributed by atoms with Crippen LogP contribution in [-0.4, -0.2) is 40.2 Å². The Morgan fingerprint density at radius 2 is 1.69 bits per heavy atom. The molecule has 3 aromatic carbocycles. The summed E-state index contributed by atoms with van der Waals surface area (Å²) in [5.74, 6) is -1.55. The minimum Gasteiger partial charge on any atom is -0.361 e. The highest BCUT2D eigenvalue weighted by Gasteiger charge is 2.44. The van der Waals surface area contributed by atoms with Gasteiger partial charge in [-0.1, -0.05) is 48.5 Å². The molecule has 176 valence electrons. The summed E-state index contributed by atoms with van der Waals surface area (Å²) in [6.07, 6.45) is 2.46. The first kappa shape index (κ1) is 22.5. The summed E-state index contributed by atoms with van der Waals surface area (Å²) in [5.41, 5.74) is 3.17. The maximum atomic E-state index is 13.4. The molecule has 1 unspecified atom stereocenters. The molecule has 5 rings (SSSR count). The zero-order valence-electron chi connectivity index (χ0n) is 19.0. The lowest BCUT2D eigenvalue weighted by atomic mass is 10.1. The minimum absolute atomic E-state index is 0.107. The van der Waals surface area contributed by atoms with E-state index in [0.29, 0.717) is 12.1 Å². The third kappa shape index (κ3) is 4.57. The van der Waals surface area contributed by atoms with Gasteiger partial charge in [-0.05, 0) is 47.9 Å². The van der Waals surface area contributed by atoms with E-state index >= 15 is 0 Å². The quantitative estimate of drug-likeness (QED) is 0.411. The van der Waals surface area contributed by atoms with Gasteiger partial charge in [-0.3, -0.25) is 14.4 Å². The number of benzene rings is 3. The van der Waals surface area contributed by atoms with Gasteiger partial charge in [0.15, 0.2) is 0 Å². The highest BCUT2D eigenvalue weighted by Crippen LogP contribution is 2.27. The molecule has 0 radical (unpaired) electrons. The number of hydrogen-bond acceptors (Lipinski definition) is 3. The number of anilines is 1. The Bertz CT molecular complexity index is 1380. The fourth-order valence-corrected chi connectivity index (χ4v) is 4.63. The van der Waals surface area contributed by atoms with Crippen molar-refractivity contribution < 1.29 is 18.8 Å². The van der Waals surface area contributed by atoms with Crippen LogP contribution in [0.25, 0.3) is 10.9 Å². The second kappa shape index (κ2) is 9.54. The fraction of sp³-hybridized carbons (Fsp3) is 0.179. The lowest BCUT2D eigenvalue weighted by molar-refractivity contribution is -0.137. The first-order valence-corrected chi connectivity index (χ1v) is 11.5. The number of aromatic amines is 1. The molecule has 0 aliphatic carbocycles. The van der Waals surface area contributed by atoms with Gasteiger partial charge in [-0.2, -0.15) is 0 Å². The Balaban J connectivity index is 1.42. The van der Waals surface area contributed by atoms with Gasteiger partial charge < -0.3 is 9.88 Å². The van der Waals surface area contributed by atoms with Crippen LogP contribution in [-0.2, 0) is 27.2 Å². The predicted octanol–water partition coefficient (Wildman–Crippen LogP) is 4.25. The Labute approximate surface area is 202 Å². The van der Waals surface area contributed by atoms with E-state index in [1.807, 2.05) is 60.8 Å². The largest absolute Gasteiger partial charge is 0.361 e. The monoisotopic (exact) mass is 469 g/mol. The molecule has 1 atom stereocenters. The van der Waals surface area contributed by atoms with Crippen LogP contribution < -0.4 is 4.90 Å². The van der Waals surface area contributed by atoms with Crippen molar-refractivity contribution in [1.82, 2.24) is 9.88 Å². The number of imide groups is 1. The third-order valence-corrected chi connectivity index (χ3v) is 6.40. The molecular weight excluding hydrogens is 445 g/mol. The maximum absolute atomic E-state index is 13.4. The standard InChI is InChI=1S/C28H24FN3O3/c29-21-10-12-22(13-11-21)32-27(34)17-25(28(32)35)31(26(33)16-19-6-2-1-3-7-19)15-14-20-18-30-24-9-5-4-8-23(20)24/h1-13,18,25,30H,14-17H2. The van der Waals surface area contributed by atoms with E-state index in [1.165, 1.54) is 29.2 Å². The first-order valence-electron chi connectivity index (χ1n) is 11.5. The number of fused-ring (bicyclic) bond motifs is 1. The number of rotatable bonds is 7. The van der Waals surface area contributed by atoms with Gasteiger partial charge in [0.2, 0.25) is 11.8 Å². The summed E-state index contributed by atoms with van der Waals surface area (Å²) >= 11 is 0. The van der Waals surface area contributed by atoms with Crippen LogP contribution in [0.1, 0.15) is 17.5 Å². The number of aromatic nitrogens is 1. The molecule has 1 aliphatic heterocycles. The number of amides is 3. The second-order valence-corrected chi connectivity index (χ2v) is 8.62. The number of nitrogens with zero attached hydrogens (tertiary/aromatic N) is 2. The summed E-state index contributed by atoms with van der Waals surface area (Å²) in [6.45, 7) is 0.286. The molecule has 1 aliphatic rings. The zero-order valence-corrected chi connectivity index (χ0v) is 19.0. The Morgan fingerprint density at radius 3 is 2.46 bits per heavy atom. The fourth-order valence-electron chi connectivity index (χ4n) is 4.63. The van der Waals surface area contributed by atoms with Crippen molar-refractivity contribution in [2.75, 3.05) is 11.4 Å². The van der Waals surface area contributed by atoms with Crippen LogP contribution in [0.2, 0.25) is 0 Å². The van der Waals surface area contributed by atoms with E-state index in [0.717, 1.165) is 26.9 Å². The van der Waals surface area contributed by atoms with E-state index in [2.05, 4.69) is 4.98 Å². The van der Waals surface area contributed by atoms with E-state index in [4.69, 9.17) is 0 Å². The summed E-state index contributed by atoms with van der Waals surface area (Å²) in [5, 5.41) is 1.06. The van der Waals surface area contributed by atoms with Crippen molar-refractivity contribution in [3.05, 3.63) is 102 Å². The van der Waals surface area contributed by atoms with Crippen molar-refractivity contribution in [2.45, 2.75) is 25.3 Å². The molecule has 1 saturated heterocycles. The average Bonchev–Trinajstić information content (AvgIpc) is 3.41. The summed E-state index contributed by atoms with van der Waals surface area (Å²) in [6, 6.07) is 21.5. The van der Waals surface area contributed by atoms with Crippen LogP contribution in [0.3, 0.4) is 0 Å². The summed E-state index contributed by atoms with van der Waals surface area (Å²) in [4.78, 5) is 45.5. The normalized spacial score (nSPS) is 15.7. The SMILES string of the molecule is O=C1CC(N(CCc2c[nH]c3ccccc23)C(=O)Cc2ccccc2)C(=O)N1c1ccc(F)cc1. The zero-order chi connectivity index (χ0) is 24.4. The molecule has 1 aromatic heterocycles. The number of nitrogens with one attached hydrogen (secondary N) is 1. The Hall–Kier alpha value is -4.26. The van der Waals surface area contributed by atoms with Crippen LogP contribution >= 0.6 is 0 Å². The lowest BCUT2D eigenvalue weighted by Crippen LogP contribution is -2.47. The summed E-state index contributed by atoms with van der Waals surface area (Å²) < 4.78 is 13.4. The van der Waals surface area contributed by atoms with Gasteiger partial charge in [0, 0.05) is 23.6 Å². The van der Waals surface area contributed by atoms with E-state index in [1.54, 1.807) is 0 Å². The van der Waals surface area contributed by atoms with Gasteiger partial charge in [0.25, 0.3) is 5.91 Å². The van der Waals surface area contributed by atoms with Gasteiger partial charge >= 0.3 is 0 Å². The second-order valence-electron chi connectivity index (χ2n) is 8.62. The van der Waals surface area contributed by atoms with Gasteiger partial charge in [-0.25, -0.2) is 9.29 Å². The van der Waals surface area contributed by atoms with Crippen molar-refractivity contribution in [3.63, 3.8) is 0 Å². The molecule has 0 spiro atoms. The number of H-pyrrole nitrogens is 1. The number of para-hydroxylation sites is 1. The van der Waals surface area contributed by atoms with Crippen LogP contribution in [0.5, 0.6) is 0 Å². The minimum atomic E-state index is -0.908. The Kier molecular flexibility index (Phi) is 6.14. The maximum Gasteiger partial charge on any atom is 0.257 e. The molecular formula is C28H24FN3O3. The molecule has 6 nitrogen and oxygen atoms in total. The molecule has 1 fully saturated rings. The van der Waals surface area contributed by atoms with E-state index in [-0.39, 0.29) is 25.3 Å². The van der Waals surface area contributed by atoms with Crippen LogP contribution in [0.15, 0.2) is 85.1 Å². The topological polar surface area (TPSA) is 73.5 Å². The summed E-state index contributed by atoms with van der Waals surface area (Å²) in [7, 11) is 0. The highest BCUT2D eigenvalue weighted by molar-refractivity contribution is 6.23. The van der Waals surface area contributed by atoms with Crippen molar-refractivity contribution in [1.29, 1.82) is 0 Å². The molecule has 7 heteroatoms. The number of carbonyl (C=O) groups excluding carboxylic acids is 3. The smallest absolute Gasteiger partial charge is 0.257 e. The molecule has 0 saturated carbocycles.